The Hall–Kier alpha value is -2.54. The second-order valence-electron chi connectivity index (χ2n) is 9.40. The van der Waals surface area contributed by atoms with Gasteiger partial charge >= 0.3 is 0 Å². The molecule has 2 amide bonds. The summed E-state index contributed by atoms with van der Waals surface area (Å²) in [5, 5.41) is 3.90. The van der Waals surface area contributed by atoms with E-state index in [1.54, 1.807) is 18.2 Å². The van der Waals surface area contributed by atoms with Gasteiger partial charge in [0.05, 0.1) is 0 Å². The number of amides is 2. The molecule has 2 atom stereocenters. The lowest BCUT2D eigenvalue weighted by Gasteiger charge is -2.32. The maximum Gasteiger partial charge on any atom is 0.261 e. The van der Waals surface area contributed by atoms with Crippen LogP contribution >= 0.6 is 39.1 Å². The lowest BCUT2D eigenvalue weighted by atomic mass is 10.0. The van der Waals surface area contributed by atoms with Gasteiger partial charge in [-0.05, 0) is 68.1 Å². The van der Waals surface area contributed by atoms with Gasteiger partial charge < -0.3 is 15.0 Å². The molecule has 0 fully saturated rings. The summed E-state index contributed by atoms with van der Waals surface area (Å²) >= 11 is 16.5. The minimum atomic E-state index is -0.803. The fourth-order valence-electron chi connectivity index (χ4n) is 4.07. The molecule has 0 aliphatic heterocycles. The van der Waals surface area contributed by atoms with E-state index in [2.05, 4.69) is 21.2 Å². The van der Waals surface area contributed by atoms with E-state index in [0.717, 1.165) is 27.6 Å². The van der Waals surface area contributed by atoms with Gasteiger partial charge in [0.25, 0.3) is 5.91 Å². The first-order chi connectivity index (χ1) is 18.1. The lowest BCUT2D eigenvalue weighted by Crippen LogP contribution is -2.53. The average molecular weight is 620 g/mol. The summed E-state index contributed by atoms with van der Waals surface area (Å²) in [6.45, 7) is 7.68. The van der Waals surface area contributed by atoms with Crippen LogP contribution in [0, 0.1) is 13.8 Å². The topological polar surface area (TPSA) is 58.6 Å². The van der Waals surface area contributed by atoms with E-state index in [1.165, 1.54) is 4.90 Å². The summed E-state index contributed by atoms with van der Waals surface area (Å²) in [4.78, 5) is 28.9. The fourth-order valence-corrected chi connectivity index (χ4v) is 4.81. The molecule has 0 saturated carbocycles. The highest BCUT2D eigenvalue weighted by Gasteiger charge is 2.32. The number of ether oxygens (including phenoxy) is 1. The number of aryl methyl sites for hydroxylation is 2. The average Bonchev–Trinajstić information content (AvgIpc) is 2.89. The number of nitrogens with zero attached hydrogens (tertiary/aromatic N) is 1. The molecular weight excluding hydrogens is 587 g/mol. The largest absolute Gasteiger partial charge is 0.484 e. The zero-order chi connectivity index (χ0) is 27.8. The predicted molar refractivity (Wildman–Crippen MR) is 158 cm³/mol. The summed E-state index contributed by atoms with van der Waals surface area (Å²) in [6.07, 6.45) is 1.09. The Balaban J connectivity index is 1.98. The lowest BCUT2D eigenvalue weighted by molar-refractivity contribution is -0.143. The number of nitrogens with one attached hydrogen (secondary N) is 1. The van der Waals surface area contributed by atoms with Crippen molar-refractivity contribution in [2.45, 2.75) is 59.2 Å². The van der Waals surface area contributed by atoms with Gasteiger partial charge in [-0.2, -0.15) is 0 Å². The Morgan fingerprint density at radius 3 is 2.18 bits per heavy atom. The van der Waals surface area contributed by atoms with Crippen LogP contribution in [0.1, 0.15) is 42.5 Å². The second kappa shape index (κ2) is 14.0. The molecule has 0 unspecified atom stereocenters. The van der Waals surface area contributed by atoms with Crippen molar-refractivity contribution in [2.75, 3.05) is 6.61 Å². The van der Waals surface area contributed by atoms with Crippen molar-refractivity contribution in [3.8, 4) is 5.75 Å². The van der Waals surface area contributed by atoms with E-state index < -0.39 is 6.04 Å². The fraction of sp³-hybridized carbons (Fsp3) is 0.333. The van der Waals surface area contributed by atoms with Gasteiger partial charge in [0.1, 0.15) is 11.8 Å². The van der Waals surface area contributed by atoms with E-state index in [1.807, 2.05) is 70.2 Å². The summed E-state index contributed by atoms with van der Waals surface area (Å²) in [5.41, 5.74) is 3.51. The quantitative estimate of drug-likeness (QED) is 0.245. The zero-order valence-corrected chi connectivity index (χ0v) is 25.2. The molecule has 8 heteroatoms. The molecule has 3 aromatic rings. The normalized spacial score (nSPS) is 12.5. The van der Waals surface area contributed by atoms with Crippen LogP contribution in [0.5, 0.6) is 5.75 Å². The van der Waals surface area contributed by atoms with Crippen molar-refractivity contribution < 1.29 is 14.3 Å². The van der Waals surface area contributed by atoms with Gasteiger partial charge in [-0.1, -0.05) is 82.5 Å². The van der Waals surface area contributed by atoms with Crippen LogP contribution in [-0.4, -0.2) is 35.4 Å². The van der Waals surface area contributed by atoms with Crippen LogP contribution in [-0.2, 0) is 22.6 Å². The highest BCUT2D eigenvalue weighted by atomic mass is 79.9. The number of rotatable bonds is 11. The Kier molecular flexibility index (Phi) is 11.1. The van der Waals surface area contributed by atoms with Gasteiger partial charge in [0, 0.05) is 39.1 Å². The van der Waals surface area contributed by atoms with Crippen molar-refractivity contribution in [2.24, 2.45) is 0 Å². The third kappa shape index (κ3) is 7.98. The van der Waals surface area contributed by atoms with Crippen LogP contribution in [0.2, 0.25) is 10.0 Å². The SMILES string of the molecule is CC[C@@H](C)NC(=O)[C@@H](Cc1ccccc1)N(Cc1c(Cl)cccc1Cl)C(=O)COc1cc(C)c(Br)c(C)c1. The summed E-state index contributed by atoms with van der Waals surface area (Å²) in [6, 6.07) is 17.7. The molecule has 0 saturated heterocycles. The van der Waals surface area contributed by atoms with E-state index in [-0.39, 0.29) is 31.0 Å². The Morgan fingerprint density at radius 1 is 1.00 bits per heavy atom. The van der Waals surface area contributed by atoms with Crippen LogP contribution in [0.4, 0.5) is 0 Å². The number of benzene rings is 3. The van der Waals surface area contributed by atoms with Crippen molar-refractivity contribution in [1.29, 1.82) is 0 Å². The first kappa shape index (κ1) is 30.0. The molecule has 3 aromatic carbocycles. The number of carbonyl (C=O) groups is 2. The number of carbonyl (C=O) groups excluding carboxylic acids is 2. The Labute approximate surface area is 243 Å². The smallest absolute Gasteiger partial charge is 0.261 e. The maximum absolute atomic E-state index is 13.8. The van der Waals surface area contributed by atoms with Gasteiger partial charge in [-0.3, -0.25) is 9.59 Å². The van der Waals surface area contributed by atoms with E-state index >= 15 is 0 Å². The van der Waals surface area contributed by atoms with Crippen molar-refractivity contribution >= 4 is 50.9 Å². The minimum absolute atomic E-state index is 0.0495. The van der Waals surface area contributed by atoms with Gasteiger partial charge in [-0.15, -0.1) is 0 Å². The number of halogens is 3. The zero-order valence-electron chi connectivity index (χ0n) is 22.1. The highest BCUT2D eigenvalue weighted by molar-refractivity contribution is 9.10. The molecule has 0 radical (unpaired) electrons. The van der Waals surface area contributed by atoms with Crippen molar-refractivity contribution in [3.05, 3.63) is 97.4 Å². The highest BCUT2D eigenvalue weighted by Crippen LogP contribution is 2.29. The van der Waals surface area contributed by atoms with Crippen LogP contribution in [0.25, 0.3) is 0 Å². The van der Waals surface area contributed by atoms with E-state index in [0.29, 0.717) is 27.8 Å². The molecule has 0 aromatic heterocycles. The molecule has 202 valence electrons. The maximum atomic E-state index is 13.8. The van der Waals surface area contributed by atoms with Crippen molar-refractivity contribution in [3.63, 3.8) is 0 Å². The molecule has 0 aliphatic carbocycles. The number of hydrogen-bond donors (Lipinski definition) is 1. The molecule has 0 heterocycles. The van der Waals surface area contributed by atoms with Gasteiger partial charge in [0.2, 0.25) is 5.91 Å². The van der Waals surface area contributed by atoms with Gasteiger partial charge in [0.15, 0.2) is 6.61 Å². The molecule has 0 bridgehead atoms. The molecule has 38 heavy (non-hydrogen) atoms. The van der Waals surface area contributed by atoms with Crippen molar-refractivity contribution in [1.82, 2.24) is 10.2 Å². The van der Waals surface area contributed by atoms with Crippen LogP contribution in [0.15, 0.2) is 65.1 Å². The second-order valence-corrected chi connectivity index (χ2v) is 11.0. The molecule has 5 nitrogen and oxygen atoms in total. The van der Waals surface area contributed by atoms with E-state index in [4.69, 9.17) is 27.9 Å². The summed E-state index contributed by atoms with van der Waals surface area (Å²) in [5.74, 6) is -0.00885. The Bertz CT molecular complexity index is 1230. The first-order valence-electron chi connectivity index (χ1n) is 12.6. The molecular formula is C30H33BrCl2N2O3. The van der Waals surface area contributed by atoms with Crippen LogP contribution < -0.4 is 10.1 Å². The molecule has 1 N–H and O–H groups in total. The van der Waals surface area contributed by atoms with E-state index in [9.17, 15) is 9.59 Å². The standard InChI is InChI=1S/C30H33BrCl2N2O3/c1-5-21(4)34-30(37)27(16-22-10-7-6-8-11-22)35(17-24-25(32)12-9-13-26(24)33)28(36)18-38-23-14-19(2)29(31)20(3)15-23/h6-15,21,27H,5,16-18H2,1-4H3,(H,34,37)/t21-,27-/m1/s1. The minimum Gasteiger partial charge on any atom is -0.484 e. The predicted octanol–water partition coefficient (Wildman–Crippen LogP) is 7.31. The molecule has 0 spiro atoms. The van der Waals surface area contributed by atoms with Crippen LogP contribution in [0.3, 0.4) is 0 Å². The third-order valence-corrected chi connectivity index (χ3v) is 8.39. The number of hydrogen-bond acceptors (Lipinski definition) is 3. The monoisotopic (exact) mass is 618 g/mol. The third-order valence-electron chi connectivity index (χ3n) is 6.43. The molecule has 3 rings (SSSR count). The molecule has 0 aliphatic rings. The summed E-state index contributed by atoms with van der Waals surface area (Å²) in [7, 11) is 0. The first-order valence-corrected chi connectivity index (χ1v) is 14.1. The Morgan fingerprint density at radius 2 is 1.61 bits per heavy atom. The van der Waals surface area contributed by atoms with Gasteiger partial charge in [-0.25, -0.2) is 0 Å². The summed E-state index contributed by atoms with van der Waals surface area (Å²) < 4.78 is 6.93.